The molecule has 0 bridgehead atoms. The van der Waals surface area contributed by atoms with E-state index in [0.29, 0.717) is 23.7 Å². The summed E-state index contributed by atoms with van der Waals surface area (Å²) >= 11 is 0. The lowest BCUT2D eigenvalue weighted by molar-refractivity contribution is 0.0414. The number of fused-ring (bicyclic) bond motifs is 3. The highest BCUT2D eigenvalue weighted by Gasteiger charge is 2.41. The van der Waals surface area contributed by atoms with Crippen LogP contribution in [-0.2, 0) is 6.54 Å². The summed E-state index contributed by atoms with van der Waals surface area (Å²) in [4.78, 5) is 23.8. The highest BCUT2D eigenvalue weighted by Crippen LogP contribution is 2.41. The molecule has 1 aromatic carbocycles. The lowest BCUT2D eigenvalue weighted by Crippen LogP contribution is -2.50. The van der Waals surface area contributed by atoms with Crippen LogP contribution in [0.1, 0.15) is 53.7 Å². The number of methoxy groups -OCH3 is 2. The van der Waals surface area contributed by atoms with Crippen LogP contribution in [0.4, 0.5) is 0 Å². The second-order valence-electron chi connectivity index (χ2n) is 8.27. The number of rotatable bonds is 4. The third-order valence-electron chi connectivity index (χ3n) is 6.41. The number of carbonyl (C=O) groups excluding carboxylic acids is 1. The van der Waals surface area contributed by atoms with Crippen molar-refractivity contribution in [1.82, 2.24) is 29.6 Å². The van der Waals surface area contributed by atoms with Gasteiger partial charge in [0, 0.05) is 11.8 Å². The molecule has 32 heavy (non-hydrogen) atoms. The first-order valence-electron chi connectivity index (χ1n) is 10.9. The van der Waals surface area contributed by atoms with Crippen LogP contribution in [0.3, 0.4) is 0 Å². The number of nitrogens with zero attached hydrogens (tertiary/aromatic N) is 6. The standard InChI is InChI=1S/C23H26N6O3/c1-14-11-25-16(12-24-14)23(30)28-13-21-26-27-22(29(21)18-7-5-4-6-17(18)28)15-8-9-19(31-2)20(10-15)32-3/h8-12,17-18H,4-7,13H2,1-3H3. The van der Waals surface area contributed by atoms with Gasteiger partial charge in [-0.1, -0.05) is 12.8 Å². The number of carbonyl (C=O) groups is 1. The van der Waals surface area contributed by atoms with E-state index in [-0.39, 0.29) is 18.0 Å². The van der Waals surface area contributed by atoms with Gasteiger partial charge in [0.05, 0.1) is 44.7 Å². The Balaban J connectivity index is 1.54. The molecule has 2 atom stereocenters. The van der Waals surface area contributed by atoms with Crippen molar-refractivity contribution >= 4 is 5.91 Å². The molecule has 0 spiro atoms. The Morgan fingerprint density at radius 3 is 2.50 bits per heavy atom. The van der Waals surface area contributed by atoms with Gasteiger partial charge in [0.1, 0.15) is 5.69 Å². The Labute approximate surface area is 186 Å². The molecular formula is C23H26N6O3. The molecule has 0 N–H and O–H groups in total. The van der Waals surface area contributed by atoms with Crippen LogP contribution in [-0.4, -0.2) is 55.8 Å². The fraction of sp³-hybridized carbons (Fsp3) is 0.435. The summed E-state index contributed by atoms with van der Waals surface area (Å²) in [5.74, 6) is 2.79. The predicted octanol–water partition coefficient (Wildman–Crippen LogP) is 3.20. The molecule has 2 aliphatic rings. The summed E-state index contributed by atoms with van der Waals surface area (Å²) in [5.41, 5.74) is 2.07. The molecule has 9 nitrogen and oxygen atoms in total. The smallest absolute Gasteiger partial charge is 0.274 e. The molecule has 1 fully saturated rings. The summed E-state index contributed by atoms with van der Waals surface area (Å²) in [5, 5.41) is 8.99. The van der Waals surface area contributed by atoms with Crippen molar-refractivity contribution in [2.45, 2.75) is 51.2 Å². The van der Waals surface area contributed by atoms with Crippen molar-refractivity contribution in [2.75, 3.05) is 14.2 Å². The minimum absolute atomic E-state index is 0.0711. The molecule has 1 amide bonds. The fourth-order valence-electron chi connectivity index (χ4n) is 4.85. The summed E-state index contributed by atoms with van der Waals surface area (Å²) in [6, 6.07) is 5.96. The summed E-state index contributed by atoms with van der Waals surface area (Å²) in [7, 11) is 3.24. The van der Waals surface area contributed by atoms with Gasteiger partial charge in [-0.15, -0.1) is 10.2 Å². The largest absolute Gasteiger partial charge is 0.493 e. The first kappa shape index (κ1) is 20.4. The topological polar surface area (TPSA) is 95.3 Å². The Kier molecular flexibility index (Phi) is 5.24. The van der Waals surface area contributed by atoms with E-state index in [4.69, 9.17) is 9.47 Å². The van der Waals surface area contributed by atoms with Gasteiger partial charge < -0.3 is 18.9 Å². The van der Waals surface area contributed by atoms with Crippen LogP contribution in [0.25, 0.3) is 11.4 Å². The lowest BCUT2D eigenvalue weighted by Gasteiger charge is -2.44. The number of hydrogen-bond donors (Lipinski definition) is 0. The third-order valence-corrected chi connectivity index (χ3v) is 6.41. The van der Waals surface area contributed by atoms with Gasteiger partial charge >= 0.3 is 0 Å². The summed E-state index contributed by atoms with van der Waals surface area (Å²) in [6.45, 7) is 2.26. The number of hydrogen-bond acceptors (Lipinski definition) is 7. The van der Waals surface area contributed by atoms with E-state index in [0.717, 1.165) is 48.6 Å². The van der Waals surface area contributed by atoms with Gasteiger partial charge in [-0.3, -0.25) is 9.78 Å². The number of benzene rings is 1. The van der Waals surface area contributed by atoms with Crippen LogP contribution < -0.4 is 9.47 Å². The van der Waals surface area contributed by atoms with E-state index < -0.39 is 0 Å². The van der Waals surface area contributed by atoms with Crippen LogP contribution in [0.5, 0.6) is 11.5 Å². The first-order chi connectivity index (χ1) is 15.6. The molecule has 5 rings (SSSR count). The number of aryl methyl sites for hydroxylation is 1. The quantitative estimate of drug-likeness (QED) is 0.622. The maximum atomic E-state index is 13.3. The first-order valence-corrected chi connectivity index (χ1v) is 10.9. The average Bonchev–Trinajstić information content (AvgIpc) is 3.27. The van der Waals surface area contributed by atoms with Gasteiger partial charge in [-0.25, -0.2) is 4.98 Å². The van der Waals surface area contributed by atoms with E-state index in [1.807, 2.05) is 30.0 Å². The van der Waals surface area contributed by atoms with Crippen molar-refractivity contribution in [3.63, 3.8) is 0 Å². The minimum atomic E-state index is -0.101. The molecule has 3 heterocycles. The SMILES string of the molecule is COc1ccc(-c2nnc3n2C2CCCCC2N(C(=O)c2cnc(C)cn2)C3)cc1OC. The number of amides is 1. The van der Waals surface area contributed by atoms with E-state index in [2.05, 4.69) is 24.7 Å². The number of aromatic nitrogens is 5. The van der Waals surface area contributed by atoms with Gasteiger partial charge in [0.2, 0.25) is 0 Å². The predicted molar refractivity (Wildman–Crippen MR) is 116 cm³/mol. The van der Waals surface area contributed by atoms with Crippen molar-refractivity contribution < 1.29 is 14.3 Å². The molecule has 9 heteroatoms. The molecule has 0 saturated heterocycles. The average molecular weight is 435 g/mol. The van der Waals surface area contributed by atoms with Crippen LogP contribution in [0.15, 0.2) is 30.6 Å². The fourth-order valence-corrected chi connectivity index (χ4v) is 4.85. The van der Waals surface area contributed by atoms with E-state index >= 15 is 0 Å². The zero-order chi connectivity index (χ0) is 22.2. The van der Waals surface area contributed by atoms with Crippen molar-refractivity contribution in [1.29, 1.82) is 0 Å². The Bertz CT molecular complexity index is 1140. The van der Waals surface area contributed by atoms with Crippen LogP contribution in [0.2, 0.25) is 0 Å². The van der Waals surface area contributed by atoms with Crippen LogP contribution >= 0.6 is 0 Å². The Morgan fingerprint density at radius 1 is 1.00 bits per heavy atom. The zero-order valence-electron chi connectivity index (χ0n) is 18.5. The third kappa shape index (κ3) is 3.37. The Hall–Kier alpha value is -3.49. The molecule has 166 valence electrons. The summed E-state index contributed by atoms with van der Waals surface area (Å²) in [6.07, 6.45) is 7.30. The summed E-state index contributed by atoms with van der Waals surface area (Å²) < 4.78 is 13.1. The molecule has 0 radical (unpaired) electrons. The maximum Gasteiger partial charge on any atom is 0.274 e. The molecular weight excluding hydrogens is 408 g/mol. The van der Waals surface area contributed by atoms with Gasteiger partial charge in [-0.05, 0) is 38.0 Å². The molecule has 2 aromatic heterocycles. The monoisotopic (exact) mass is 434 g/mol. The van der Waals surface area contributed by atoms with Gasteiger partial charge in [0.15, 0.2) is 23.1 Å². The molecule has 1 aliphatic carbocycles. The van der Waals surface area contributed by atoms with Gasteiger partial charge in [0.25, 0.3) is 5.91 Å². The normalized spacial score (nSPS) is 19.8. The maximum absolute atomic E-state index is 13.3. The van der Waals surface area contributed by atoms with Crippen LogP contribution in [0, 0.1) is 6.92 Å². The van der Waals surface area contributed by atoms with E-state index in [1.54, 1.807) is 26.6 Å². The minimum Gasteiger partial charge on any atom is -0.493 e. The molecule has 1 saturated carbocycles. The molecule has 1 aliphatic heterocycles. The zero-order valence-corrected chi connectivity index (χ0v) is 18.5. The van der Waals surface area contributed by atoms with E-state index in [9.17, 15) is 4.79 Å². The van der Waals surface area contributed by atoms with Crippen molar-refractivity contribution in [3.05, 3.63) is 47.8 Å². The molecule has 3 aromatic rings. The van der Waals surface area contributed by atoms with E-state index in [1.165, 1.54) is 0 Å². The number of ether oxygens (including phenoxy) is 2. The lowest BCUT2D eigenvalue weighted by atomic mass is 9.87. The van der Waals surface area contributed by atoms with Crippen molar-refractivity contribution in [2.24, 2.45) is 0 Å². The second-order valence-corrected chi connectivity index (χ2v) is 8.27. The highest BCUT2D eigenvalue weighted by atomic mass is 16.5. The Morgan fingerprint density at radius 2 is 1.78 bits per heavy atom. The van der Waals surface area contributed by atoms with Gasteiger partial charge in [-0.2, -0.15) is 0 Å². The highest BCUT2D eigenvalue weighted by molar-refractivity contribution is 5.92. The second kappa shape index (κ2) is 8.22. The van der Waals surface area contributed by atoms with Crippen molar-refractivity contribution in [3.8, 4) is 22.9 Å². The molecule has 2 unspecified atom stereocenters.